The maximum absolute atomic E-state index is 14.0. The Kier molecular flexibility index (Phi) is 6.46. The first-order chi connectivity index (χ1) is 16.1. The number of Topliss-reactive ketones (excluding diaryl/α,β-unsaturated/α-hetero) is 1. The molecular formula is C30H39N3O. The van der Waals surface area contributed by atoms with Crippen molar-refractivity contribution in [1.82, 2.24) is 9.78 Å². The van der Waals surface area contributed by atoms with E-state index in [4.69, 9.17) is 5.10 Å². The van der Waals surface area contributed by atoms with E-state index < -0.39 is 0 Å². The van der Waals surface area contributed by atoms with Crippen molar-refractivity contribution >= 4 is 11.6 Å². The Morgan fingerprint density at radius 3 is 2.12 bits per heavy atom. The van der Waals surface area contributed by atoms with Gasteiger partial charge in [0.25, 0.3) is 0 Å². The van der Waals surface area contributed by atoms with Crippen LogP contribution in [0.4, 0.5) is 5.82 Å². The minimum absolute atomic E-state index is 0.143. The molecule has 4 heteroatoms. The molecule has 2 heterocycles. The molecule has 0 radical (unpaired) electrons. The number of aromatic nitrogens is 2. The third-order valence-corrected chi connectivity index (χ3v) is 7.92. The van der Waals surface area contributed by atoms with E-state index in [1.807, 2.05) is 11.6 Å². The number of nitrogens with zero attached hydrogens (tertiary/aromatic N) is 2. The summed E-state index contributed by atoms with van der Waals surface area (Å²) >= 11 is 0. The molecule has 0 bridgehead atoms. The van der Waals surface area contributed by atoms with E-state index in [1.165, 1.54) is 22.3 Å². The van der Waals surface area contributed by atoms with Gasteiger partial charge in [-0.05, 0) is 65.0 Å². The molecule has 2 aromatic carbocycles. The van der Waals surface area contributed by atoms with Crippen molar-refractivity contribution in [2.45, 2.75) is 91.1 Å². The van der Waals surface area contributed by atoms with Gasteiger partial charge in [-0.15, -0.1) is 0 Å². The fourth-order valence-corrected chi connectivity index (χ4v) is 5.55. The maximum atomic E-state index is 14.0. The summed E-state index contributed by atoms with van der Waals surface area (Å²) < 4.78 is 2.05. The van der Waals surface area contributed by atoms with Crippen LogP contribution < -0.4 is 5.32 Å². The second-order valence-corrected chi connectivity index (χ2v) is 10.8. The number of nitrogens with one attached hydrogen (secondary N) is 1. The SMILES string of the molecule is CCC(CC)(CC(=O)c1c(C)nn2c1NC(c1ccc(C)cc1)CC2(C)C)c1ccc(C)cc1. The average Bonchev–Trinajstić information content (AvgIpc) is 3.15. The molecule has 1 aromatic heterocycles. The molecule has 1 N–H and O–H groups in total. The van der Waals surface area contributed by atoms with Gasteiger partial charge in [-0.1, -0.05) is 73.5 Å². The van der Waals surface area contributed by atoms with Crippen molar-refractivity contribution in [3.8, 4) is 0 Å². The molecule has 1 unspecified atom stereocenters. The zero-order valence-electron chi connectivity index (χ0n) is 21.8. The highest BCUT2D eigenvalue weighted by Gasteiger charge is 2.39. The van der Waals surface area contributed by atoms with Crippen LogP contribution in [-0.2, 0) is 11.0 Å². The summed E-state index contributed by atoms with van der Waals surface area (Å²) in [5.74, 6) is 1.05. The molecule has 0 fully saturated rings. The van der Waals surface area contributed by atoms with E-state index >= 15 is 0 Å². The second-order valence-electron chi connectivity index (χ2n) is 10.8. The fraction of sp³-hybridized carbons (Fsp3) is 0.467. The second kappa shape index (κ2) is 9.05. The highest BCUT2D eigenvalue weighted by molar-refractivity contribution is 6.02. The lowest BCUT2D eigenvalue weighted by molar-refractivity contribution is 0.0944. The minimum Gasteiger partial charge on any atom is -0.363 e. The number of anilines is 1. The lowest BCUT2D eigenvalue weighted by Crippen LogP contribution is -2.38. The highest BCUT2D eigenvalue weighted by Crippen LogP contribution is 2.43. The Balaban J connectivity index is 1.72. The first-order valence-electron chi connectivity index (χ1n) is 12.6. The average molecular weight is 458 g/mol. The number of rotatable bonds is 7. The lowest BCUT2D eigenvalue weighted by Gasteiger charge is -2.38. The van der Waals surface area contributed by atoms with Crippen molar-refractivity contribution in [3.63, 3.8) is 0 Å². The molecule has 4 nitrogen and oxygen atoms in total. The van der Waals surface area contributed by atoms with E-state index in [-0.39, 0.29) is 22.8 Å². The summed E-state index contributed by atoms with van der Waals surface area (Å²) in [6.45, 7) is 15.0. The molecule has 0 aliphatic carbocycles. The van der Waals surface area contributed by atoms with Gasteiger partial charge in [0, 0.05) is 11.8 Å². The Hall–Kier alpha value is -2.88. The first kappa shape index (κ1) is 24.3. The summed E-state index contributed by atoms with van der Waals surface area (Å²) in [4.78, 5) is 14.0. The zero-order chi connectivity index (χ0) is 24.7. The Bertz CT molecular complexity index is 1170. The third-order valence-electron chi connectivity index (χ3n) is 7.92. The lowest BCUT2D eigenvalue weighted by atomic mass is 9.71. The molecule has 0 spiro atoms. The number of fused-ring (bicyclic) bond motifs is 1. The van der Waals surface area contributed by atoms with Crippen molar-refractivity contribution in [3.05, 3.63) is 82.0 Å². The molecule has 34 heavy (non-hydrogen) atoms. The van der Waals surface area contributed by atoms with Gasteiger partial charge in [-0.3, -0.25) is 4.79 Å². The largest absolute Gasteiger partial charge is 0.363 e. The van der Waals surface area contributed by atoms with Crippen LogP contribution in [-0.4, -0.2) is 15.6 Å². The van der Waals surface area contributed by atoms with Gasteiger partial charge in [0.2, 0.25) is 0 Å². The number of ketones is 1. The van der Waals surface area contributed by atoms with Crippen LogP contribution in [0.15, 0.2) is 48.5 Å². The maximum Gasteiger partial charge on any atom is 0.169 e. The third kappa shape index (κ3) is 4.31. The predicted molar refractivity (Wildman–Crippen MR) is 141 cm³/mol. The van der Waals surface area contributed by atoms with Crippen LogP contribution in [0.25, 0.3) is 0 Å². The van der Waals surface area contributed by atoms with Crippen LogP contribution >= 0.6 is 0 Å². The van der Waals surface area contributed by atoms with Gasteiger partial charge in [0.15, 0.2) is 5.78 Å². The van der Waals surface area contributed by atoms with Gasteiger partial charge in [0.05, 0.1) is 22.8 Å². The predicted octanol–water partition coefficient (Wildman–Crippen LogP) is 7.43. The normalized spacial score (nSPS) is 17.2. The van der Waals surface area contributed by atoms with Crippen LogP contribution in [0.3, 0.4) is 0 Å². The molecular weight excluding hydrogens is 418 g/mol. The van der Waals surface area contributed by atoms with Crippen molar-refractivity contribution in [1.29, 1.82) is 0 Å². The van der Waals surface area contributed by atoms with E-state index in [1.54, 1.807) is 0 Å². The Labute approximate surface area is 204 Å². The number of aryl methyl sites for hydroxylation is 3. The van der Waals surface area contributed by atoms with Crippen LogP contribution in [0.2, 0.25) is 0 Å². The van der Waals surface area contributed by atoms with Crippen molar-refractivity contribution < 1.29 is 4.79 Å². The number of carbonyl (C=O) groups excluding carboxylic acids is 1. The van der Waals surface area contributed by atoms with Crippen molar-refractivity contribution in [2.75, 3.05) is 5.32 Å². The number of carbonyl (C=O) groups is 1. The number of hydrogen-bond donors (Lipinski definition) is 1. The Morgan fingerprint density at radius 1 is 1.00 bits per heavy atom. The standard InChI is InChI=1S/C30H39N3O/c1-8-30(9-2,24-16-12-21(4)13-17-24)19-26(34)27-22(5)32-33-28(27)31-25(18-29(33,6)7)23-14-10-20(3)11-15-23/h10-17,25,31H,8-9,18-19H2,1-7H3. The van der Waals surface area contributed by atoms with Crippen LogP contribution in [0.5, 0.6) is 0 Å². The Morgan fingerprint density at radius 2 is 1.56 bits per heavy atom. The van der Waals surface area contributed by atoms with Gasteiger partial charge in [-0.2, -0.15) is 5.10 Å². The van der Waals surface area contributed by atoms with E-state index in [9.17, 15) is 4.79 Å². The minimum atomic E-state index is -0.191. The summed E-state index contributed by atoms with van der Waals surface area (Å²) in [6.07, 6.45) is 3.24. The van der Waals surface area contributed by atoms with Gasteiger partial charge >= 0.3 is 0 Å². The molecule has 1 aliphatic rings. The summed E-state index contributed by atoms with van der Waals surface area (Å²) in [5.41, 5.74) is 6.20. The van der Waals surface area contributed by atoms with Gasteiger partial charge in [0.1, 0.15) is 5.82 Å². The molecule has 3 aromatic rings. The van der Waals surface area contributed by atoms with Crippen LogP contribution in [0.1, 0.15) is 97.7 Å². The molecule has 4 rings (SSSR count). The van der Waals surface area contributed by atoms with E-state index in [2.05, 4.69) is 95.4 Å². The summed E-state index contributed by atoms with van der Waals surface area (Å²) in [6, 6.07) is 17.6. The monoisotopic (exact) mass is 457 g/mol. The van der Waals surface area contributed by atoms with Crippen LogP contribution in [0, 0.1) is 20.8 Å². The van der Waals surface area contributed by atoms with E-state index in [0.717, 1.165) is 36.3 Å². The molecule has 0 saturated carbocycles. The fourth-order valence-electron chi connectivity index (χ4n) is 5.55. The molecule has 0 saturated heterocycles. The molecule has 1 aliphatic heterocycles. The number of benzene rings is 2. The smallest absolute Gasteiger partial charge is 0.169 e. The number of hydrogen-bond acceptors (Lipinski definition) is 3. The van der Waals surface area contributed by atoms with Gasteiger partial charge in [-0.25, -0.2) is 4.68 Å². The summed E-state index contributed by atoms with van der Waals surface area (Å²) in [5, 5.41) is 8.57. The molecule has 180 valence electrons. The topological polar surface area (TPSA) is 46.9 Å². The first-order valence-corrected chi connectivity index (χ1v) is 12.6. The zero-order valence-corrected chi connectivity index (χ0v) is 21.8. The quantitative estimate of drug-likeness (QED) is 0.375. The van der Waals surface area contributed by atoms with Gasteiger partial charge < -0.3 is 5.32 Å². The molecule has 0 amide bonds. The van der Waals surface area contributed by atoms with E-state index in [0.29, 0.717) is 6.42 Å². The highest BCUT2D eigenvalue weighted by atomic mass is 16.1. The van der Waals surface area contributed by atoms with Crippen molar-refractivity contribution in [2.24, 2.45) is 0 Å². The summed E-state index contributed by atoms with van der Waals surface area (Å²) in [7, 11) is 0. The molecule has 1 atom stereocenters.